The van der Waals surface area contributed by atoms with Crippen LogP contribution in [0.4, 0.5) is 11.5 Å². The van der Waals surface area contributed by atoms with Gasteiger partial charge >= 0.3 is 0 Å². The topological polar surface area (TPSA) is 130 Å². The van der Waals surface area contributed by atoms with Gasteiger partial charge in [0.25, 0.3) is 5.56 Å². The molecule has 4 rings (SSSR count). The Bertz CT molecular complexity index is 1250. The molecule has 1 aliphatic rings. The fourth-order valence-electron chi connectivity index (χ4n) is 4.20. The first-order valence-corrected chi connectivity index (χ1v) is 13.1. The summed E-state index contributed by atoms with van der Waals surface area (Å²) in [5.74, 6) is 0.928. The molecule has 3 heterocycles. The van der Waals surface area contributed by atoms with E-state index in [2.05, 4.69) is 20.3 Å². The molecule has 0 spiro atoms. The summed E-state index contributed by atoms with van der Waals surface area (Å²) in [7, 11) is -0.388. The number of anilines is 2. The summed E-state index contributed by atoms with van der Waals surface area (Å²) < 4.78 is 6.53. The van der Waals surface area contributed by atoms with Gasteiger partial charge in [-0.05, 0) is 55.5 Å². The van der Waals surface area contributed by atoms with Gasteiger partial charge in [0.1, 0.15) is 17.7 Å². The summed E-state index contributed by atoms with van der Waals surface area (Å²) in [6.07, 6.45) is 4.63. The van der Waals surface area contributed by atoms with Gasteiger partial charge in [0, 0.05) is 35.3 Å². The molecular formula is C23H27ClN5O5P. The molecule has 0 aliphatic carbocycles. The summed E-state index contributed by atoms with van der Waals surface area (Å²) in [5.41, 5.74) is 0.0993. The largest absolute Gasteiger partial charge is 0.480 e. The lowest BCUT2D eigenvalue weighted by Gasteiger charge is -2.33. The van der Waals surface area contributed by atoms with Crippen LogP contribution in [0, 0.1) is 5.92 Å². The van der Waals surface area contributed by atoms with Gasteiger partial charge in [0.15, 0.2) is 8.38 Å². The number of rotatable bonds is 8. The van der Waals surface area contributed by atoms with Gasteiger partial charge < -0.3 is 24.7 Å². The van der Waals surface area contributed by atoms with Gasteiger partial charge in [0.2, 0.25) is 11.8 Å². The van der Waals surface area contributed by atoms with E-state index in [0.29, 0.717) is 34.0 Å². The van der Waals surface area contributed by atoms with Crippen molar-refractivity contribution >= 4 is 48.2 Å². The van der Waals surface area contributed by atoms with E-state index in [-0.39, 0.29) is 17.8 Å². The molecule has 0 unspecified atom stereocenters. The van der Waals surface area contributed by atoms with Crippen LogP contribution in [-0.2, 0) is 11.3 Å². The molecule has 1 fully saturated rings. The Balaban J connectivity index is 1.50. The quantitative estimate of drug-likeness (QED) is 0.387. The molecule has 1 amide bonds. The normalized spacial score (nSPS) is 14.5. The van der Waals surface area contributed by atoms with Crippen LogP contribution in [0.1, 0.15) is 19.3 Å². The minimum absolute atomic E-state index is 0.185. The van der Waals surface area contributed by atoms with E-state index in [9.17, 15) is 9.59 Å². The molecule has 10 nitrogen and oxygen atoms in total. The molecule has 35 heavy (non-hydrogen) atoms. The average Bonchev–Trinajstić information content (AvgIpc) is 2.85. The number of benzene rings is 1. The minimum Gasteiger partial charge on any atom is -0.480 e. The highest BCUT2D eigenvalue weighted by Gasteiger charge is 2.23. The molecule has 3 N–H and O–H groups in total. The van der Waals surface area contributed by atoms with Gasteiger partial charge in [-0.1, -0.05) is 11.6 Å². The van der Waals surface area contributed by atoms with Crippen molar-refractivity contribution in [2.24, 2.45) is 5.92 Å². The predicted octanol–water partition coefficient (Wildman–Crippen LogP) is 3.00. The van der Waals surface area contributed by atoms with Crippen molar-refractivity contribution in [3.8, 4) is 5.88 Å². The molecule has 0 bridgehead atoms. The van der Waals surface area contributed by atoms with Crippen molar-refractivity contribution in [2.75, 3.05) is 36.6 Å². The third-order valence-electron chi connectivity index (χ3n) is 6.08. The van der Waals surface area contributed by atoms with Crippen LogP contribution in [-0.4, -0.2) is 56.8 Å². The summed E-state index contributed by atoms with van der Waals surface area (Å²) in [4.78, 5) is 50.6. The van der Waals surface area contributed by atoms with E-state index in [1.165, 1.54) is 13.3 Å². The average molecular weight is 520 g/mol. The maximum Gasteiger partial charge on any atom is 0.280 e. The van der Waals surface area contributed by atoms with Crippen LogP contribution in [0.5, 0.6) is 5.88 Å². The number of methoxy groups -OCH3 is 1. The molecule has 2 aromatic heterocycles. The molecule has 0 atom stereocenters. The number of piperidine rings is 1. The number of nitrogens with zero attached hydrogens (tertiary/aromatic N) is 4. The summed E-state index contributed by atoms with van der Waals surface area (Å²) in [6.45, 7) is 1.28. The van der Waals surface area contributed by atoms with Gasteiger partial charge in [-0.15, -0.1) is 0 Å². The summed E-state index contributed by atoms with van der Waals surface area (Å²) in [6, 6.07) is 8.48. The van der Waals surface area contributed by atoms with Crippen LogP contribution in [0.25, 0.3) is 10.8 Å². The number of fused-ring (bicyclic) bond motifs is 1. The number of halogens is 1. The third kappa shape index (κ3) is 6.27. The standard InChI is InChI=1S/C23H27ClN5O5P/c1-34-22-21-16(12-19(27-22)28-9-6-15(7-10-28)8-11-35(32)33)13-25-29(23(21)31)14-20(30)26-18-4-2-17(24)3-5-18/h2-5,12-13,15,32-33H,6-11,14H2,1H3,(H,26,30). The lowest BCUT2D eigenvalue weighted by molar-refractivity contribution is -0.117. The van der Waals surface area contributed by atoms with E-state index in [1.54, 1.807) is 24.3 Å². The Kier molecular flexibility index (Phi) is 8.18. The van der Waals surface area contributed by atoms with E-state index in [0.717, 1.165) is 37.0 Å². The van der Waals surface area contributed by atoms with Crippen molar-refractivity contribution in [2.45, 2.75) is 25.8 Å². The number of pyridine rings is 1. The number of nitrogens with one attached hydrogen (secondary N) is 1. The fourth-order valence-corrected chi connectivity index (χ4v) is 4.92. The zero-order valence-electron chi connectivity index (χ0n) is 19.2. The SMILES string of the molecule is COc1nc(N2CCC(CCP(O)O)CC2)cc2cnn(CC(=O)Nc3ccc(Cl)cc3)c(=O)c12. The second kappa shape index (κ2) is 11.3. The van der Waals surface area contributed by atoms with Crippen LogP contribution in [0.3, 0.4) is 0 Å². The van der Waals surface area contributed by atoms with Crippen LogP contribution >= 0.6 is 20.0 Å². The predicted molar refractivity (Wildman–Crippen MR) is 136 cm³/mol. The molecular weight excluding hydrogens is 493 g/mol. The van der Waals surface area contributed by atoms with E-state index in [1.807, 2.05) is 6.07 Å². The maximum atomic E-state index is 13.1. The minimum atomic E-state index is -1.84. The van der Waals surface area contributed by atoms with E-state index >= 15 is 0 Å². The lowest BCUT2D eigenvalue weighted by atomic mass is 9.94. The first-order valence-electron chi connectivity index (χ1n) is 11.2. The number of carbonyl (C=O) groups is 1. The van der Waals surface area contributed by atoms with Crippen LogP contribution < -0.4 is 20.5 Å². The smallest absolute Gasteiger partial charge is 0.280 e. The van der Waals surface area contributed by atoms with Crippen molar-refractivity contribution in [3.63, 3.8) is 0 Å². The molecule has 1 aliphatic heterocycles. The fraction of sp³-hybridized carbons (Fsp3) is 0.391. The zero-order valence-corrected chi connectivity index (χ0v) is 20.9. The van der Waals surface area contributed by atoms with Gasteiger partial charge in [-0.25, -0.2) is 4.68 Å². The molecule has 12 heteroatoms. The Labute approximate surface area is 208 Å². The van der Waals surface area contributed by atoms with Crippen LogP contribution in [0.2, 0.25) is 5.02 Å². The van der Waals surface area contributed by atoms with Crippen molar-refractivity contribution in [1.82, 2.24) is 14.8 Å². The monoisotopic (exact) mass is 519 g/mol. The Morgan fingerprint density at radius 1 is 1.26 bits per heavy atom. The third-order valence-corrected chi connectivity index (χ3v) is 6.99. The lowest BCUT2D eigenvalue weighted by Crippen LogP contribution is -2.34. The van der Waals surface area contributed by atoms with Gasteiger partial charge in [0.05, 0.1) is 13.3 Å². The highest BCUT2D eigenvalue weighted by molar-refractivity contribution is 7.45. The first kappa shape index (κ1) is 25.3. The highest BCUT2D eigenvalue weighted by atomic mass is 35.5. The number of aromatic nitrogens is 3. The Morgan fingerprint density at radius 3 is 2.63 bits per heavy atom. The molecule has 3 aromatic rings. The number of hydrogen-bond acceptors (Lipinski definition) is 8. The van der Waals surface area contributed by atoms with Gasteiger partial charge in [-0.2, -0.15) is 10.1 Å². The molecule has 0 radical (unpaired) electrons. The Hall–Kier alpha value is -2.78. The maximum absolute atomic E-state index is 13.1. The molecule has 186 valence electrons. The van der Waals surface area contributed by atoms with Gasteiger partial charge in [-0.3, -0.25) is 9.59 Å². The number of ether oxygens (including phenoxy) is 1. The number of carbonyl (C=O) groups excluding carboxylic acids is 1. The summed E-state index contributed by atoms with van der Waals surface area (Å²) >= 11 is 5.87. The molecule has 1 saturated heterocycles. The van der Waals surface area contributed by atoms with Crippen molar-refractivity contribution in [3.05, 3.63) is 51.9 Å². The number of amides is 1. The van der Waals surface area contributed by atoms with Crippen molar-refractivity contribution in [1.29, 1.82) is 0 Å². The van der Waals surface area contributed by atoms with E-state index in [4.69, 9.17) is 26.1 Å². The second-order valence-electron chi connectivity index (χ2n) is 8.43. The van der Waals surface area contributed by atoms with E-state index < -0.39 is 19.8 Å². The molecule has 1 aromatic carbocycles. The van der Waals surface area contributed by atoms with Crippen molar-refractivity contribution < 1.29 is 19.3 Å². The second-order valence-corrected chi connectivity index (χ2v) is 10.1. The number of hydrogen-bond donors (Lipinski definition) is 3. The van der Waals surface area contributed by atoms with Crippen LogP contribution in [0.15, 0.2) is 41.3 Å². The highest BCUT2D eigenvalue weighted by Crippen LogP contribution is 2.32. The Morgan fingerprint density at radius 2 is 1.97 bits per heavy atom. The first-order chi connectivity index (χ1) is 16.8. The zero-order chi connectivity index (χ0) is 24.9. The summed E-state index contributed by atoms with van der Waals surface area (Å²) in [5, 5.41) is 8.31. The molecule has 0 saturated carbocycles.